The van der Waals surface area contributed by atoms with Crippen LogP contribution in [0.5, 0.6) is 0 Å². The summed E-state index contributed by atoms with van der Waals surface area (Å²) >= 11 is 0. The van der Waals surface area contributed by atoms with Gasteiger partial charge in [0.2, 0.25) is 0 Å². The molecule has 10 heteroatoms. The van der Waals surface area contributed by atoms with Crippen LogP contribution in [0.1, 0.15) is 6.42 Å². The molecule has 0 spiro atoms. The number of aliphatic hydroxyl groups is 3. The van der Waals surface area contributed by atoms with Crippen molar-refractivity contribution in [1.29, 1.82) is 0 Å². The Kier molecular flexibility index (Phi) is 11.3. The van der Waals surface area contributed by atoms with E-state index < -0.39 is 39.2 Å². The van der Waals surface area contributed by atoms with E-state index in [0.29, 0.717) is 0 Å². The minimum absolute atomic E-state index is 0. The zero-order chi connectivity index (χ0) is 12.1. The molecule has 0 aromatic rings. The molecule has 0 aromatic heterocycles. The third-order valence-electron chi connectivity index (χ3n) is 1.50. The molecule has 16 heavy (non-hydrogen) atoms. The Morgan fingerprint density at radius 2 is 1.69 bits per heavy atom. The third-order valence-corrected chi connectivity index (χ3v) is 1.98. The van der Waals surface area contributed by atoms with Crippen LogP contribution in [0.25, 0.3) is 0 Å². The largest absolute Gasteiger partial charge is 2.00 e. The summed E-state index contributed by atoms with van der Waals surface area (Å²) in [5.74, 6) is 0. The number of rotatable bonds is 7. The topological polar surface area (TPSA) is 145 Å². The van der Waals surface area contributed by atoms with Gasteiger partial charge in [-0.1, -0.05) is 0 Å². The molecular formula is C6H13BaO8P+2. The first-order valence-electron chi connectivity index (χ1n) is 3.96. The Morgan fingerprint density at radius 1 is 1.19 bits per heavy atom. The van der Waals surface area contributed by atoms with Gasteiger partial charge in [0, 0.05) is 6.42 Å². The minimum Gasteiger partial charge on any atom is -0.390 e. The number of aldehydes is 1. The smallest absolute Gasteiger partial charge is 0.390 e. The van der Waals surface area contributed by atoms with Crippen molar-refractivity contribution in [3.05, 3.63) is 0 Å². The fraction of sp³-hybridized carbons (Fsp3) is 0.833. The van der Waals surface area contributed by atoms with Crippen LogP contribution >= 0.6 is 7.82 Å². The van der Waals surface area contributed by atoms with Gasteiger partial charge in [0.1, 0.15) is 18.5 Å². The molecule has 90 valence electrons. The van der Waals surface area contributed by atoms with Crippen LogP contribution in [0, 0.1) is 0 Å². The van der Waals surface area contributed by atoms with Crippen molar-refractivity contribution in [2.45, 2.75) is 24.7 Å². The molecule has 0 aliphatic rings. The van der Waals surface area contributed by atoms with Crippen LogP contribution in [0.3, 0.4) is 0 Å². The monoisotopic (exact) mass is 382 g/mol. The fourth-order valence-corrected chi connectivity index (χ4v) is 1.09. The van der Waals surface area contributed by atoms with E-state index in [0.717, 1.165) is 0 Å². The van der Waals surface area contributed by atoms with E-state index in [1.165, 1.54) is 0 Å². The second-order valence-electron chi connectivity index (χ2n) is 2.86. The molecule has 0 aromatic carbocycles. The predicted molar refractivity (Wildman–Crippen MR) is 52.5 cm³/mol. The standard InChI is InChI=1S/C6H13O8P.Ba/c7-2-4(8)1-5(9)6(10)3-14-15(11,12)13;/h2,4-6,8-10H,1,3H2,(H2,11,12,13);/q;+2. The first kappa shape index (κ1) is 19.6. The molecule has 0 saturated carbocycles. The van der Waals surface area contributed by atoms with Crippen LogP contribution < -0.4 is 0 Å². The van der Waals surface area contributed by atoms with Gasteiger partial charge in [0.05, 0.1) is 12.7 Å². The van der Waals surface area contributed by atoms with Crippen molar-refractivity contribution in [2.24, 2.45) is 0 Å². The molecule has 8 nitrogen and oxygen atoms in total. The van der Waals surface area contributed by atoms with Crippen LogP contribution in [0.2, 0.25) is 0 Å². The van der Waals surface area contributed by atoms with E-state index in [4.69, 9.17) is 25.1 Å². The van der Waals surface area contributed by atoms with Gasteiger partial charge in [-0.3, -0.25) is 4.52 Å². The molecule has 0 saturated heterocycles. The van der Waals surface area contributed by atoms with Crippen LogP contribution in [0.4, 0.5) is 0 Å². The number of hydrogen-bond donors (Lipinski definition) is 5. The summed E-state index contributed by atoms with van der Waals surface area (Å²) in [6.45, 7) is -0.795. The van der Waals surface area contributed by atoms with Crippen LogP contribution in [0.15, 0.2) is 0 Å². The molecule has 3 unspecified atom stereocenters. The van der Waals surface area contributed by atoms with E-state index >= 15 is 0 Å². The van der Waals surface area contributed by atoms with Gasteiger partial charge in [0.15, 0.2) is 0 Å². The fourth-order valence-electron chi connectivity index (χ4n) is 0.745. The van der Waals surface area contributed by atoms with Crippen molar-refractivity contribution >= 4 is 63.0 Å². The number of hydrogen-bond acceptors (Lipinski definition) is 6. The summed E-state index contributed by atoms with van der Waals surface area (Å²) in [6.07, 6.45) is -4.80. The van der Waals surface area contributed by atoms with E-state index in [2.05, 4.69) is 4.52 Å². The first-order valence-corrected chi connectivity index (χ1v) is 5.49. The molecule has 0 aliphatic carbocycles. The van der Waals surface area contributed by atoms with Gasteiger partial charge >= 0.3 is 56.7 Å². The molecule has 5 N–H and O–H groups in total. The maximum Gasteiger partial charge on any atom is 2.00 e. The van der Waals surface area contributed by atoms with Crippen molar-refractivity contribution in [1.82, 2.24) is 0 Å². The Morgan fingerprint density at radius 3 is 2.06 bits per heavy atom. The van der Waals surface area contributed by atoms with E-state index in [9.17, 15) is 9.36 Å². The predicted octanol–water partition coefficient (Wildman–Crippen LogP) is -2.61. The normalized spacial score (nSPS) is 17.1. The van der Waals surface area contributed by atoms with Crippen molar-refractivity contribution in [3.63, 3.8) is 0 Å². The number of phosphoric ester groups is 1. The molecule has 0 bridgehead atoms. The minimum atomic E-state index is -4.70. The second-order valence-corrected chi connectivity index (χ2v) is 4.10. The third kappa shape index (κ3) is 10.4. The van der Waals surface area contributed by atoms with Crippen molar-refractivity contribution in [3.8, 4) is 0 Å². The van der Waals surface area contributed by atoms with Gasteiger partial charge in [-0.15, -0.1) is 0 Å². The van der Waals surface area contributed by atoms with Crippen LogP contribution in [-0.2, 0) is 13.9 Å². The van der Waals surface area contributed by atoms with Gasteiger partial charge < -0.3 is 29.9 Å². The van der Waals surface area contributed by atoms with E-state index in [1.54, 1.807) is 0 Å². The van der Waals surface area contributed by atoms with Gasteiger partial charge in [0.25, 0.3) is 0 Å². The number of phosphoric acid groups is 1. The van der Waals surface area contributed by atoms with Crippen molar-refractivity contribution in [2.75, 3.05) is 6.61 Å². The number of carbonyl (C=O) groups excluding carboxylic acids is 1. The molecule has 0 rings (SSSR count). The zero-order valence-electron chi connectivity index (χ0n) is 8.34. The molecule has 0 fully saturated rings. The maximum atomic E-state index is 10.2. The van der Waals surface area contributed by atoms with Gasteiger partial charge in [-0.25, -0.2) is 4.57 Å². The molecule has 0 aliphatic heterocycles. The SMILES string of the molecule is O=CC(O)CC(O)C(O)COP(=O)(O)O.[Ba+2]. The Hall–Kier alpha value is 1.23. The quantitative estimate of drug-likeness (QED) is 0.183. The van der Waals surface area contributed by atoms with Gasteiger partial charge in [-0.05, 0) is 0 Å². The summed E-state index contributed by atoms with van der Waals surface area (Å²) in [4.78, 5) is 26.5. The molecule has 0 heterocycles. The average Bonchev–Trinajstić information content (AvgIpc) is 2.12. The Balaban J connectivity index is 0. The Labute approximate surface area is 132 Å². The summed E-state index contributed by atoms with van der Waals surface area (Å²) < 4.78 is 14.1. The first-order chi connectivity index (χ1) is 6.76. The van der Waals surface area contributed by atoms with E-state index in [-0.39, 0.29) is 55.2 Å². The molecule has 0 amide bonds. The van der Waals surface area contributed by atoms with Gasteiger partial charge in [-0.2, -0.15) is 0 Å². The summed E-state index contributed by atoms with van der Waals surface area (Å²) in [5, 5.41) is 27.0. The Bertz CT molecular complexity index is 243. The van der Waals surface area contributed by atoms with Crippen LogP contribution in [-0.4, -0.2) is 105 Å². The molecule has 3 atom stereocenters. The van der Waals surface area contributed by atoms with E-state index in [1.807, 2.05) is 0 Å². The summed E-state index contributed by atoms with van der Waals surface area (Å²) in [5.41, 5.74) is 0. The maximum absolute atomic E-state index is 10.2. The number of aliphatic hydroxyl groups excluding tert-OH is 3. The average molecular weight is 381 g/mol. The summed E-state index contributed by atoms with van der Waals surface area (Å²) in [6, 6.07) is 0. The van der Waals surface area contributed by atoms with Crippen molar-refractivity contribution < 1.29 is 39.0 Å². The number of carbonyl (C=O) groups is 1. The second kappa shape index (κ2) is 9.20. The molecular weight excluding hydrogens is 368 g/mol. The zero-order valence-corrected chi connectivity index (χ0v) is 13.7. The summed E-state index contributed by atoms with van der Waals surface area (Å²) in [7, 11) is -4.70. The molecule has 0 radical (unpaired) electrons.